The minimum absolute atomic E-state index is 0.0477. The van der Waals surface area contributed by atoms with Gasteiger partial charge in [0, 0.05) is 17.5 Å². The van der Waals surface area contributed by atoms with Gasteiger partial charge in [-0.25, -0.2) is 4.39 Å². The Kier molecular flexibility index (Phi) is 4.87. The molecule has 2 aromatic rings. The molecular weight excluding hydrogens is 345 g/mol. The van der Waals surface area contributed by atoms with Crippen molar-refractivity contribution in [2.75, 3.05) is 0 Å². The van der Waals surface area contributed by atoms with Crippen LogP contribution in [0.1, 0.15) is 37.9 Å². The minimum Gasteiger partial charge on any atom is -0.503 e. The van der Waals surface area contributed by atoms with Crippen molar-refractivity contribution in [1.29, 1.82) is 0 Å². The molecular formula is C22H22FNO3. The van der Waals surface area contributed by atoms with Crippen LogP contribution in [0.4, 0.5) is 4.39 Å². The van der Waals surface area contributed by atoms with Crippen molar-refractivity contribution in [3.8, 4) is 0 Å². The molecule has 1 aliphatic heterocycles. The first kappa shape index (κ1) is 18.8. The van der Waals surface area contributed by atoms with Gasteiger partial charge < -0.3 is 10.0 Å². The van der Waals surface area contributed by atoms with Crippen LogP contribution in [0.2, 0.25) is 0 Å². The van der Waals surface area contributed by atoms with Crippen LogP contribution in [-0.4, -0.2) is 21.7 Å². The molecule has 4 nitrogen and oxygen atoms in total. The Balaban J connectivity index is 2.13. The van der Waals surface area contributed by atoms with Crippen molar-refractivity contribution < 1.29 is 19.1 Å². The van der Waals surface area contributed by atoms with E-state index in [4.69, 9.17) is 0 Å². The predicted molar refractivity (Wildman–Crippen MR) is 100 cm³/mol. The number of benzene rings is 2. The van der Waals surface area contributed by atoms with Crippen LogP contribution in [-0.2, 0) is 16.1 Å². The molecule has 1 atom stereocenters. The number of aliphatic hydroxyl groups excluding tert-OH is 1. The highest BCUT2D eigenvalue weighted by atomic mass is 19.1. The molecule has 140 valence electrons. The van der Waals surface area contributed by atoms with E-state index in [2.05, 4.69) is 0 Å². The van der Waals surface area contributed by atoms with Gasteiger partial charge >= 0.3 is 0 Å². The number of carbonyl (C=O) groups is 2. The van der Waals surface area contributed by atoms with E-state index in [1.807, 2.05) is 30.3 Å². The summed E-state index contributed by atoms with van der Waals surface area (Å²) >= 11 is 0. The number of hydrogen-bond donors (Lipinski definition) is 1. The Morgan fingerprint density at radius 3 is 2.26 bits per heavy atom. The second-order valence-corrected chi connectivity index (χ2v) is 7.68. The second-order valence-electron chi connectivity index (χ2n) is 7.68. The van der Waals surface area contributed by atoms with Crippen LogP contribution in [0.5, 0.6) is 0 Å². The molecule has 5 heteroatoms. The van der Waals surface area contributed by atoms with Gasteiger partial charge in [-0.1, -0.05) is 69.3 Å². The highest BCUT2D eigenvalue weighted by molar-refractivity contribution is 6.10. The molecule has 0 saturated heterocycles. The van der Waals surface area contributed by atoms with Gasteiger partial charge in [0.2, 0.25) is 0 Å². The summed E-state index contributed by atoms with van der Waals surface area (Å²) in [6, 6.07) is 14.3. The number of ketones is 1. The van der Waals surface area contributed by atoms with Gasteiger partial charge in [0.05, 0.1) is 11.6 Å². The Morgan fingerprint density at radius 1 is 1.07 bits per heavy atom. The lowest BCUT2D eigenvalue weighted by Crippen LogP contribution is -2.33. The van der Waals surface area contributed by atoms with E-state index < -0.39 is 28.9 Å². The van der Waals surface area contributed by atoms with E-state index in [-0.39, 0.29) is 23.5 Å². The summed E-state index contributed by atoms with van der Waals surface area (Å²) in [5, 5.41) is 10.5. The van der Waals surface area contributed by atoms with Crippen molar-refractivity contribution >= 4 is 11.7 Å². The van der Waals surface area contributed by atoms with Crippen LogP contribution < -0.4 is 0 Å². The van der Waals surface area contributed by atoms with Crippen LogP contribution in [0, 0.1) is 11.2 Å². The fourth-order valence-corrected chi connectivity index (χ4v) is 3.25. The molecule has 0 unspecified atom stereocenters. The number of carbonyl (C=O) groups excluding carboxylic acids is 2. The monoisotopic (exact) mass is 367 g/mol. The Hall–Kier alpha value is -2.95. The highest BCUT2D eigenvalue weighted by Crippen LogP contribution is 2.42. The van der Waals surface area contributed by atoms with Gasteiger partial charge in [0.25, 0.3) is 5.91 Å². The maximum absolute atomic E-state index is 14.6. The Labute approximate surface area is 157 Å². The number of aliphatic hydroxyl groups is 1. The molecule has 1 amide bonds. The molecule has 27 heavy (non-hydrogen) atoms. The number of halogens is 1. The molecule has 0 radical (unpaired) electrons. The molecule has 0 spiro atoms. The minimum atomic E-state index is -0.967. The SMILES string of the molecule is CC(C)(C)C(=O)C1=C(O)C(=O)N(Cc2ccccc2)[C@H]1c1ccccc1F. The number of amides is 1. The molecule has 3 rings (SSSR count). The van der Waals surface area contributed by atoms with Gasteiger partial charge in [-0.3, -0.25) is 9.59 Å². The number of hydrogen-bond acceptors (Lipinski definition) is 3. The van der Waals surface area contributed by atoms with Crippen LogP contribution in [0.15, 0.2) is 65.9 Å². The molecule has 2 aromatic carbocycles. The van der Waals surface area contributed by atoms with Gasteiger partial charge in [-0.05, 0) is 11.6 Å². The number of rotatable bonds is 4. The van der Waals surface area contributed by atoms with E-state index in [1.165, 1.54) is 11.0 Å². The summed E-state index contributed by atoms with van der Waals surface area (Å²) in [6.45, 7) is 5.28. The summed E-state index contributed by atoms with van der Waals surface area (Å²) in [7, 11) is 0. The van der Waals surface area contributed by atoms with E-state index in [1.54, 1.807) is 39.0 Å². The normalized spacial score (nSPS) is 17.6. The molecule has 0 aliphatic carbocycles. The summed E-state index contributed by atoms with van der Waals surface area (Å²) in [5.74, 6) is -2.17. The van der Waals surface area contributed by atoms with Gasteiger partial charge in [0.15, 0.2) is 11.5 Å². The summed E-state index contributed by atoms with van der Waals surface area (Å²) in [5.41, 5.74) is 0.145. The molecule has 1 heterocycles. The smallest absolute Gasteiger partial charge is 0.290 e. The van der Waals surface area contributed by atoms with Crippen LogP contribution in [0.25, 0.3) is 0 Å². The van der Waals surface area contributed by atoms with E-state index >= 15 is 0 Å². The van der Waals surface area contributed by atoms with E-state index in [0.717, 1.165) is 5.56 Å². The lowest BCUT2D eigenvalue weighted by Gasteiger charge is -2.29. The third-order valence-corrected chi connectivity index (χ3v) is 4.63. The summed E-state index contributed by atoms with van der Waals surface area (Å²) in [6.07, 6.45) is 0. The van der Waals surface area contributed by atoms with E-state index in [0.29, 0.717) is 0 Å². The Bertz CT molecular complexity index is 913. The topological polar surface area (TPSA) is 57.6 Å². The van der Waals surface area contributed by atoms with Gasteiger partial charge in [-0.15, -0.1) is 0 Å². The maximum Gasteiger partial charge on any atom is 0.290 e. The van der Waals surface area contributed by atoms with E-state index in [9.17, 15) is 19.1 Å². The standard InChI is InChI=1S/C22H22FNO3/c1-22(2,3)20(26)17-18(15-11-7-8-12-16(15)23)24(21(27)19(17)25)13-14-9-5-4-6-10-14/h4-12,18,25H,13H2,1-3H3/t18-/m0/s1. The predicted octanol–water partition coefficient (Wildman–Crippen LogP) is 4.34. The Morgan fingerprint density at radius 2 is 1.67 bits per heavy atom. The molecule has 1 aliphatic rings. The zero-order valence-corrected chi connectivity index (χ0v) is 15.6. The first-order chi connectivity index (χ1) is 12.7. The van der Waals surface area contributed by atoms with Crippen molar-refractivity contribution in [3.63, 3.8) is 0 Å². The highest BCUT2D eigenvalue weighted by Gasteiger charge is 2.46. The maximum atomic E-state index is 14.6. The first-order valence-electron chi connectivity index (χ1n) is 8.79. The van der Waals surface area contributed by atoms with Crippen LogP contribution >= 0.6 is 0 Å². The third-order valence-electron chi connectivity index (χ3n) is 4.63. The van der Waals surface area contributed by atoms with Gasteiger partial charge in [0.1, 0.15) is 5.82 Å². The fourth-order valence-electron chi connectivity index (χ4n) is 3.25. The summed E-state index contributed by atoms with van der Waals surface area (Å²) in [4.78, 5) is 27.1. The van der Waals surface area contributed by atoms with Crippen molar-refractivity contribution in [3.05, 3.63) is 82.9 Å². The summed E-state index contributed by atoms with van der Waals surface area (Å²) < 4.78 is 14.6. The zero-order valence-electron chi connectivity index (χ0n) is 15.6. The largest absolute Gasteiger partial charge is 0.503 e. The lowest BCUT2D eigenvalue weighted by molar-refractivity contribution is -0.130. The molecule has 0 bridgehead atoms. The lowest BCUT2D eigenvalue weighted by atomic mass is 9.82. The number of Topliss-reactive ketones (excluding diaryl/α,β-unsaturated/α-hetero) is 1. The molecule has 1 N–H and O–H groups in total. The third kappa shape index (κ3) is 3.50. The molecule has 0 fully saturated rings. The second kappa shape index (κ2) is 6.99. The average Bonchev–Trinajstić information content (AvgIpc) is 2.86. The zero-order chi connectivity index (χ0) is 19.8. The van der Waals surface area contributed by atoms with Crippen molar-refractivity contribution in [2.45, 2.75) is 33.4 Å². The molecule has 0 saturated carbocycles. The van der Waals surface area contributed by atoms with Crippen molar-refractivity contribution in [1.82, 2.24) is 4.90 Å². The van der Waals surface area contributed by atoms with Crippen LogP contribution in [0.3, 0.4) is 0 Å². The fraction of sp³-hybridized carbons (Fsp3) is 0.273. The van der Waals surface area contributed by atoms with Gasteiger partial charge in [-0.2, -0.15) is 0 Å². The first-order valence-corrected chi connectivity index (χ1v) is 8.79. The van der Waals surface area contributed by atoms with Crippen molar-refractivity contribution in [2.24, 2.45) is 5.41 Å². The number of nitrogens with zero attached hydrogens (tertiary/aromatic N) is 1. The average molecular weight is 367 g/mol. The molecule has 0 aromatic heterocycles. The quantitative estimate of drug-likeness (QED) is 0.875.